The summed E-state index contributed by atoms with van der Waals surface area (Å²) in [7, 11) is -4.03. The number of para-hydroxylation sites is 1. The van der Waals surface area contributed by atoms with Crippen LogP contribution in [-0.4, -0.2) is 33.3 Å². The SMILES string of the molecule is C=CCNC(=O)c1ccccc1NC(=O)CN(c1ccc(C)cc1)S(=O)(=O)c1ccc(C)cc1. The predicted octanol–water partition coefficient (Wildman–Crippen LogP) is 4.05. The normalized spacial score (nSPS) is 10.9. The lowest BCUT2D eigenvalue weighted by atomic mass is 10.1. The summed E-state index contributed by atoms with van der Waals surface area (Å²) in [5.74, 6) is -0.960. The zero-order valence-corrected chi connectivity index (χ0v) is 19.9. The Labute approximate surface area is 200 Å². The van der Waals surface area contributed by atoms with Gasteiger partial charge in [0.05, 0.1) is 21.8 Å². The van der Waals surface area contributed by atoms with Crippen molar-refractivity contribution in [2.45, 2.75) is 18.7 Å². The highest BCUT2D eigenvalue weighted by Crippen LogP contribution is 2.25. The highest BCUT2D eigenvalue weighted by atomic mass is 32.2. The third-order valence-electron chi connectivity index (χ3n) is 5.07. The minimum atomic E-state index is -4.03. The second-order valence-corrected chi connectivity index (χ2v) is 9.62. The van der Waals surface area contributed by atoms with Gasteiger partial charge in [-0.25, -0.2) is 8.42 Å². The molecule has 0 fully saturated rings. The van der Waals surface area contributed by atoms with Crippen molar-refractivity contribution < 1.29 is 18.0 Å². The van der Waals surface area contributed by atoms with Crippen LogP contribution in [0.3, 0.4) is 0 Å². The first-order valence-electron chi connectivity index (χ1n) is 10.7. The summed E-state index contributed by atoms with van der Waals surface area (Å²) >= 11 is 0. The van der Waals surface area contributed by atoms with Crippen molar-refractivity contribution in [3.63, 3.8) is 0 Å². The van der Waals surface area contributed by atoms with Gasteiger partial charge in [-0.05, 0) is 50.2 Å². The molecule has 0 unspecified atom stereocenters. The molecule has 0 spiro atoms. The van der Waals surface area contributed by atoms with Crippen LogP contribution in [0.15, 0.2) is 90.3 Å². The Hall–Kier alpha value is -3.91. The zero-order valence-electron chi connectivity index (χ0n) is 19.1. The molecule has 3 aromatic carbocycles. The number of hydrogen-bond donors (Lipinski definition) is 2. The molecule has 8 heteroatoms. The predicted molar refractivity (Wildman–Crippen MR) is 134 cm³/mol. The molecule has 3 aromatic rings. The number of amides is 2. The quantitative estimate of drug-likeness (QED) is 0.455. The van der Waals surface area contributed by atoms with E-state index in [0.29, 0.717) is 5.69 Å². The maximum absolute atomic E-state index is 13.5. The second kappa shape index (κ2) is 10.8. The molecule has 176 valence electrons. The number of benzene rings is 3. The van der Waals surface area contributed by atoms with E-state index in [-0.39, 0.29) is 28.6 Å². The van der Waals surface area contributed by atoms with E-state index in [4.69, 9.17) is 0 Å². The zero-order chi connectivity index (χ0) is 24.7. The van der Waals surface area contributed by atoms with E-state index in [9.17, 15) is 18.0 Å². The van der Waals surface area contributed by atoms with E-state index >= 15 is 0 Å². The van der Waals surface area contributed by atoms with Gasteiger partial charge in [0.15, 0.2) is 0 Å². The van der Waals surface area contributed by atoms with Crippen LogP contribution in [0, 0.1) is 13.8 Å². The molecule has 0 saturated carbocycles. The van der Waals surface area contributed by atoms with Crippen molar-refractivity contribution in [2.24, 2.45) is 0 Å². The number of sulfonamides is 1. The van der Waals surface area contributed by atoms with Crippen LogP contribution in [0.2, 0.25) is 0 Å². The van der Waals surface area contributed by atoms with Crippen LogP contribution in [0.1, 0.15) is 21.5 Å². The maximum Gasteiger partial charge on any atom is 0.264 e. The molecule has 0 bridgehead atoms. The van der Waals surface area contributed by atoms with E-state index < -0.39 is 22.5 Å². The van der Waals surface area contributed by atoms with Crippen molar-refractivity contribution in [2.75, 3.05) is 22.7 Å². The Morgan fingerprint density at radius 1 is 0.912 bits per heavy atom. The number of rotatable bonds is 9. The molecule has 0 radical (unpaired) electrons. The lowest BCUT2D eigenvalue weighted by Gasteiger charge is -2.24. The van der Waals surface area contributed by atoms with Gasteiger partial charge in [0.1, 0.15) is 6.54 Å². The molecule has 0 heterocycles. The smallest absolute Gasteiger partial charge is 0.264 e. The first-order valence-corrected chi connectivity index (χ1v) is 12.1. The molecular formula is C26H27N3O4S. The number of anilines is 2. The van der Waals surface area contributed by atoms with Gasteiger partial charge in [-0.1, -0.05) is 53.6 Å². The van der Waals surface area contributed by atoms with Crippen LogP contribution in [0.25, 0.3) is 0 Å². The van der Waals surface area contributed by atoms with Gasteiger partial charge in [-0.15, -0.1) is 6.58 Å². The Morgan fingerprint density at radius 2 is 1.50 bits per heavy atom. The molecule has 0 saturated heterocycles. The summed E-state index contributed by atoms with van der Waals surface area (Å²) in [6, 6.07) is 19.9. The molecule has 7 nitrogen and oxygen atoms in total. The van der Waals surface area contributed by atoms with Gasteiger partial charge < -0.3 is 10.6 Å². The van der Waals surface area contributed by atoms with Crippen molar-refractivity contribution >= 4 is 33.2 Å². The lowest BCUT2D eigenvalue weighted by Crippen LogP contribution is -2.38. The van der Waals surface area contributed by atoms with Crippen molar-refractivity contribution in [3.8, 4) is 0 Å². The van der Waals surface area contributed by atoms with Crippen molar-refractivity contribution in [3.05, 3.63) is 102 Å². The number of nitrogens with one attached hydrogen (secondary N) is 2. The average Bonchev–Trinajstić information content (AvgIpc) is 2.82. The first-order chi connectivity index (χ1) is 16.2. The minimum absolute atomic E-state index is 0.0793. The summed E-state index contributed by atoms with van der Waals surface area (Å²) in [6.45, 7) is 7.13. The molecule has 3 rings (SSSR count). The van der Waals surface area contributed by atoms with E-state index in [2.05, 4.69) is 17.2 Å². The third-order valence-corrected chi connectivity index (χ3v) is 6.86. The molecule has 0 aliphatic carbocycles. The number of nitrogens with zero attached hydrogens (tertiary/aromatic N) is 1. The topological polar surface area (TPSA) is 95.6 Å². The standard InChI is InChI=1S/C26H27N3O4S/c1-4-17-27-26(31)23-7-5-6-8-24(23)28-25(30)18-29(21-13-9-19(2)10-14-21)34(32,33)22-15-11-20(3)12-16-22/h4-16H,1,17-18H2,2-3H3,(H,27,31)(H,28,30). The summed E-state index contributed by atoms with van der Waals surface area (Å²) in [5.41, 5.74) is 2.79. The van der Waals surface area contributed by atoms with Gasteiger partial charge in [-0.2, -0.15) is 0 Å². The summed E-state index contributed by atoms with van der Waals surface area (Å²) in [5, 5.41) is 5.35. The second-order valence-electron chi connectivity index (χ2n) is 7.75. The van der Waals surface area contributed by atoms with Crippen molar-refractivity contribution in [1.29, 1.82) is 0 Å². The maximum atomic E-state index is 13.5. The molecular weight excluding hydrogens is 450 g/mol. The highest BCUT2D eigenvalue weighted by Gasteiger charge is 2.27. The van der Waals surface area contributed by atoms with Crippen molar-refractivity contribution in [1.82, 2.24) is 5.32 Å². The molecule has 2 amide bonds. The molecule has 0 aromatic heterocycles. The Bertz CT molecular complexity index is 1280. The molecule has 34 heavy (non-hydrogen) atoms. The molecule has 0 aliphatic rings. The number of hydrogen-bond acceptors (Lipinski definition) is 4. The summed E-state index contributed by atoms with van der Waals surface area (Å²) < 4.78 is 28.0. The monoisotopic (exact) mass is 477 g/mol. The van der Waals surface area contributed by atoms with Crippen LogP contribution in [0.5, 0.6) is 0 Å². The highest BCUT2D eigenvalue weighted by molar-refractivity contribution is 7.92. The summed E-state index contributed by atoms with van der Waals surface area (Å²) in [4.78, 5) is 25.5. The van der Waals surface area contributed by atoms with Gasteiger partial charge in [-0.3, -0.25) is 13.9 Å². The van der Waals surface area contributed by atoms with E-state index in [0.717, 1.165) is 15.4 Å². The molecule has 0 aliphatic heterocycles. The first kappa shape index (κ1) is 24.7. The third kappa shape index (κ3) is 5.90. The molecule has 0 atom stereocenters. The van der Waals surface area contributed by atoms with E-state index in [1.54, 1.807) is 66.7 Å². The fourth-order valence-electron chi connectivity index (χ4n) is 3.23. The largest absolute Gasteiger partial charge is 0.349 e. The number of carbonyl (C=O) groups is 2. The lowest BCUT2D eigenvalue weighted by molar-refractivity contribution is -0.114. The van der Waals surface area contributed by atoms with Crippen LogP contribution < -0.4 is 14.9 Å². The fraction of sp³-hybridized carbons (Fsp3) is 0.154. The number of aryl methyl sites for hydroxylation is 2. The van der Waals surface area contributed by atoms with Gasteiger partial charge in [0.2, 0.25) is 5.91 Å². The Balaban J connectivity index is 1.91. The van der Waals surface area contributed by atoms with E-state index in [1.807, 2.05) is 13.8 Å². The van der Waals surface area contributed by atoms with E-state index in [1.165, 1.54) is 12.1 Å². The van der Waals surface area contributed by atoms with Crippen LogP contribution in [-0.2, 0) is 14.8 Å². The van der Waals surface area contributed by atoms with Gasteiger partial charge in [0, 0.05) is 6.54 Å². The van der Waals surface area contributed by atoms with Gasteiger partial charge >= 0.3 is 0 Å². The Morgan fingerprint density at radius 3 is 2.12 bits per heavy atom. The van der Waals surface area contributed by atoms with Crippen LogP contribution in [0.4, 0.5) is 11.4 Å². The van der Waals surface area contributed by atoms with Crippen LogP contribution >= 0.6 is 0 Å². The van der Waals surface area contributed by atoms with Gasteiger partial charge in [0.25, 0.3) is 15.9 Å². The average molecular weight is 478 g/mol. The number of carbonyl (C=O) groups excluding carboxylic acids is 2. The minimum Gasteiger partial charge on any atom is -0.349 e. The summed E-state index contributed by atoms with van der Waals surface area (Å²) in [6.07, 6.45) is 1.55. The fourth-order valence-corrected chi connectivity index (χ4v) is 4.65. The molecule has 2 N–H and O–H groups in total. The Kier molecular flexibility index (Phi) is 7.86.